The van der Waals surface area contributed by atoms with Crippen molar-refractivity contribution in [3.8, 4) is 0 Å². The average Bonchev–Trinajstić information content (AvgIpc) is 3.05. The highest BCUT2D eigenvalue weighted by Crippen LogP contribution is 2.32. The highest BCUT2D eigenvalue weighted by atomic mass is 32.1. The summed E-state index contributed by atoms with van der Waals surface area (Å²) in [5, 5.41) is 3.13. The van der Waals surface area contributed by atoms with E-state index in [0.717, 1.165) is 24.4 Å². The van der Waals surface area contributed by atoms with Crippen molar-refractivity contribution in [2.45, 2.75) is 31.5 Å². The van der Waals surface area contributed by atoms with E-state index in [0.29, 0.717) is 5.00 Å². The minimum absolute atomic E-state index is 0.0574. The number of aromatic nitrogens is 1. The molecule has 5 nitrogen and oxygen atoms in total. The van der Waals surface area contributed by atoms with Gasteiger partial charge in [-0.3, -0.25) is 4.79 Å². The minimum Gasteiger partial charge on any atom is -0.382 e. The van der Waals surface area contributed by atoms with Crippen LogP contribution in [0.25, 0.3) is 0 Å². The van der Waals surface area contributed by atoms with Gasteiger partial charge in [-0.1, -0.05) is 0 Å². The lowest BCUT2D eigenvalue weighted by atomic mass is 10.2. The van der Waals surface area contributed by atoms with Crippen LogP contribution in [0.4, 0.5) is 24.0 Å². The standard InChI is InChI=1S/C11H15F3N4OS/c1-18(5-4-11(12,13)14)10-7(8(15)17-20-10)9(19)16-6-2-3-6/h6H,2-5H2,1H3,(H2,15,17)(H,16,19). The van der Waals surface area contributed by atoms with Crippen LogP contribution in [0.1, 0.15) is 29.6 Å². The Morgan fingerprint density at radius 1 is 1.55 bits per heavy atom. The average molecular weight is 308 g/mol. The summed E-state index contributed by atoms with van der Waals surface area (Å²) in [6, 6.07) is 0.148. The van der Waals surface area contributed by atoms with Crippen molar-refractivity contribution in [2.75, 3.05) is 24.2 Å². The van der Waals surface area contributed by atoms with E-state index < -0.39 is 12.6 Å². The number of hydrogen-bond acceptors (Lipinski definition) is 5. The van der Waals surface area contributed by atoms with Gasteiger partial charge in [-0.05, 0) is 24.4 Å². The number of carbonyl (C=O) groups excluding carboxylic acids is 1. The maximum absolute atomic E-state index is 12.2. The normalized spacial score (nSPS) is 15.2. The van der Waals surface area contributed by atoms with Gasteiger partial charge in [0.05, 0.1) is 6.42 Å². The molecule has 0 spiro atoms. The molecular weight excluding hydrogens is 293 g/mol. The monoisotopic (exact) mass is 308 g/mol. The molecule has 0 unspecified atom stereocenters. The zero-order valence-corrected chi connectivity index (χ0v) is 11.6. The first-order valence-corrected chi connectivity index (χ1v) is 6.89. The second-order valence-corrected chi connectivity index (χ2v) is 5.53. The predicted molar refractivity (Wildman–Crippen MR) is 71.0 cm³/mol. The van der Waals surface area contributed by atoms with Gasteiger partial charge in [0, 0.05) is 19.6 Å². The van der Waals surface area contributed by atoms with E-state index in [-0.39, 0.29) is 29.9 Å². The van der Waals surface area contributed by atoms with E-state index in [1.165, 1.54) is 11.9 Å². The van der Waals surface area contributed by atoms with Crippen LogP contribution in [0, 0.1) is 0 Å². The molecule has 9 heteroatoms. The molecule has 1 aliphatic rings. The number of halogens is 3. The molecule has 1 fully saturated rings. The molecule has 1 aromatic heterocycles. The summed E-state index contributed by atoms with van der Waals surface area (Å²) < 4.78 is 40.6. The van der Waals surface area contributed by atoms with Crippen molar-refractivity contribution in [1.82, 2.24) is 9.69 Å². The number of carbonyl (C=O) groups is 1. The largest absolute Gasteiger partial charge is 0.390 e. The topological polar surface area (TPSA) is 71.2 Å². The lowest BCUT2D eigenvalue weighted by molar-refractivity contribution is -0.132. The number of nitrogens with two attached hydrogens (primary N) is 1. The van der Waals surface area contributed by atoms with Crippen LogP contribution in [0.3, 0.4) is 0 Å². The third-order valence-corrected chi connectivity index (χ3v) is 3.89. The van der Waals surface area contributed by atoms with Crippen LogP contribution >= 0.6 is 11.5 Å². The quantitative estimate of drug-likeness (QED) is 0.873. The van der Waals surface area contributed by atoms with Crippen molar-refractivity contribution >= 4 is 28.3 Å². The van der Waals surface area contributed by atoms with Crippen molar-refractivity contribution in [1.29, 1.82) is 0 Å². The molecule has 1 heterocycles. The summed E-state index contributed by atoms with van der Waals surface area (Å²) in [7, 11) is 1.49. The molecule has 1 saturated carbocycles. The van der Waals surface area contributed by atoms with E-state index in [4.69, 9.17) is 5.73 Å². The number of nitrogens with zero attached hydrogens (tertiary/aromatic N) is 2. The molecule has 0 saturated heterocycles. The summed E-state index contributed by atoms with van der Waals surface area (Å²) >= 11 is 0.933. The number of rotatable bonds is 5. The van der Waals surface area contributed by atoms with E-state index in [9.17, 15) is 18.0 Å². The van der Waals surface area contributed by atoms with Crippen molar-refractivity contribution in [2.24, 2.45) is 0 Å². The van der Waals surface area contributed by atoms with E-state index in [1.54, 1.807) is 0 Å². The Morgan fingerprint density at radius 2 is 2.20 bits per heavy atom. The van der Waals surface area contributed by atoms with Crippen molar-refractivity contribution in [3.05, 3.63) is 5.56 Å². The molecule has 1 aliphatic carbocycles. The zero-order chi connectivity index (χ0) is 14.9. The summed E-state index contributed by atoms with van der Waals surface area (Å²) in [6.45, 7) is -0.241. The van der Waals surface area contributed by atoms with Crippen LogP contribution in [0.2, 0.25) is 0 Å². The fourth-order valence-electron chi connectivity index (χ4n) is 1.65. The third-order valence-electron chi connectivity index (χ3n) is 2.92. The fourth-order valence-corrected chi connectivity index (χ4v) is 2.44. The zero-order valence-electron chi connectivity index (χ0n) is 10.8. The van der Waals surface area contributed by atoms with Gasteiger partial charge in [-0.15, -0.1) is 0 Å². The summed E-state index contributed by atoms with van der Waals surface area (Å²) in [4.78, 5) is 13.4. The van der Waals surface area contributed by atoms with Gasteiger partial charge in [0.25, 0.3) is 5.91 Å². The van der Waals surface area contributed by atoms with Gasteiger partial charge < -0.3 is 16.0 Å². The Bertz CT molecular complexity index is 498. The lowest BCUT2D eigenvalue weighted by Gasteiger charge is -2.19. The molecule has 1 aromatic rings. The SMILES string of the molecule is CN(CCC(F)(F)F)c1snc(N)c1C(=O)NC1CC1. The van der Waals surface area contributed by atoms with Gasteiger partial charge in [0.2, 0.25) is 0 Å². The molecule has 0 aliphatic heterocycles. The first kappa shape index (κ1) is 14.9. The van der Waals surface area contributed by atoms with Crippen LogP contribution < -0.4 is 16.0 Å². The molecule has 0 aromatic carbocycles. The molecule has 1 amide bonds. The second-order valence-electron chi connectivity index (χ2n) is 4.78. The number of nitrogen functional groups attached to an aromatic ring is 1. The molecule has 20 heavy (non-hydrogen) atoms. The van der Waals surface area contributed by atoms with Crippen LogP contribution in [-0.4, -0.2) is 36.1 Å². The molecule has 0 radical (unpaired) electrons. The predicted octanol–water partition coefficient (Wildman–Crippen LogP) is 2.01. The van der Waals surface area contributed by atoms with Gasteiger partial charge in [0.15, 0.2) is 5.82 Å². The second kappa shape index (κ2) is 5.47. The van der Waals surface area contributed by atoms with Gasteiger partial charge in [0.1, 0.15) is 10.6 Å². The molecule has 0 bridgehead atoms. The fraction of sp³-hybridized carbons (Fsp3) is 0.636. The Labute approximate surface area is 118 Å². The smallest absolute Gasteiger partial charge is 0.382 e. The summed E-state index contributed by atoms with van der Waals surface area (Å²) in [5.74, 6) is -0.311. The Hall–Kier alpha value is -1.51. The van der Waals surface area contributed by atoms with Crippen LogP contribution in [-0.2, 0) is 0 Å². The van der Waals surface area contributed by atoms with Gasteiger partial charge >= 0.3 is 6.18 Å². The lowest BCUT2D eigenvalue weighted by Crippen LogP contribution is -2.29. The molecular formula is C11H15F3N4OS. The summed E-state index contributed by atoms with van der Waals surface area (Å²) in [5.41, 5.74) is 5.82. The van der Waals surface area contributed by atoms with Gasteiger partial charge in [-0.25, -0.2) is 0 Å². The minimum atomic E-state index is -4.24. The third kappa shape index (κ3) is 3.75. The van der Waals surface area contributed by atoms with E-state index in [2.05, 4.69) is 9.69 Å². The van der Waals surface area contributed by atoms with E-state index >= 15 is 0 Å². The Balaban J connectivity index is 2.08. The van der Waals surface area contributed by atoms with Crippen LogP contribution in [0.15, 0.2) is 0 Å². The van der Waals surface area contributed by atoms with E-state index in [1.807, 2.05) is 0 Å². The maximum Gasteiger partial charge on any atom is 0.390 e. The highest BCUT2D eigenvalue weighted by Gasteiger charge is 2.31. The number of anilines is 2. The first-order valence-electron chi connectivity index (χ1n) is 6.12. The number of alkyl halides is 3. The number of amides is 1. The number of hydrogen-bond donors (Lipinski definition) is 2. The first-order chi connectivity index (χ1) is 9.28. The summed E-state index contributed by atoms with van der Waals surface area (Å²) in [6.07, 6.45) is -3.35. The highest BCUT2D eigenvalue weighted by molar-refractivity contribution is 7.11. The van der Waals surface area contributed by atoms with Gasteiger partial charge in [-0.2, -0.15) is 17.5 Å². The Morgan fingerprint density at radius 3 is 2.75 bits per heavy atom. The molecule has 0 atom stereocenters. The molecule has 3 N–H and O–H groups in total. The molecule has 112 valence electrons. The van der Waals surface area contributed by atoms with Crippen molar-refractivity contribution in [3.63, 3.8) is 0 Å². The number of nitrogens with one attached hydrogen (secondary N) is 1. The van der Waals surface area contributed by atoms with Crippen LogP contribution in [0.5, 0.6) is 0 Å². The Kier molecular flexibility index (Phi) is 4.07. The van der Waals surface area contributed by atoms with Crippen molar-refractivity contribution < 1.29 is 18.0 Å². The molecule has 2 rings (SSSR count). The maximum atomic E-state index is 12.2.